The summed E-state index contributed by atoms with van der Waals surface area (Å²) in [6.45, 7) is 2.38. The molecular weight excluding hydrogens is 278 g/mol. The fraction of sp³-hybridized carbons (Fsp3) is 0.176. The van der Waals surface area contributed by atoms with Crippen LogP contribution in [0.15, 0.2) is 48.7 Å². The molecule has 0 bridgehead atoms. The number of ether oxygens (including phenoxy) is 1. The molecule has 1 aliphatic rings. The third-order valence-corrected chi connectivity index (χ3v) is 3.86. The first-order chi connectivity index (χ1) is 10.7. The van der Waals surface area contributed by atoms with E-state index in [1.807, 2.05) is 53.3 Å². The smallest absolute Gasteiger partial charge is 0.265 e. The maximum Gasteiger partial charge on any atom is 0.265 e. The van der Waals surface area contributed by atoms with Crippen LogP contribution in [-0.2, 0) is 11.3 Å². The van der Waals surface area contributed by atoms with Crippen LogP contribution in [0.4, 0.5) is 5.69 Å². The summed E-state index contributed by atoms with van der Waals surface area (Å²) in [6, 6.07) is 13.9. The van der Waals surface area contributed by atoms with Crippen molar-refractivity contribution >= 4 is 22.5 Å². The van der Waals surface area contributed by atoms with Gasteiger partial charge in [0, 0.05) is 5.39 Å². The number of nitrogens with zero attached hydrogens (tertiary/aromatic N) is 2. The van der Waals surface area contributed by atoms with E-state index in [-0.39, 0.29) is 5.91 Å². The number of hydrogen-bond donors (Lipinski definition) is 1. The average Bonchev–Trinajstić information content (AvgIpc) is 2.92. The highest BCUT2D eigenvalue weighted by molar-refractivity contribution is 5.97. The minimum Gasteiger partial charge on any atom is -0.479 e. The third-order valence-electron chi connectivity index (χ3n) is 3.86. The second kappa shape index (κ2) is 4.87. The number of nitrogens with one attached hydrogen (secondary N) is 1. The minimum atomic E-state index is -0.451. The van der Waals surface area contributed by atoms with Crippen LogP contribution in [0.25, 0.3) is 10.9 Å². The molecule has 5 nitrogen and oxygen atoms in total. The number of benzene rings is 2. The van der Waals surface area contributed by atoms with Gasteiger partial charge in [-0.1, -0.05) is 24.3 Å². The Balaban J connectivity index is 1.67. The van der Waals surface area contributed by atoms with Crippen LogP contribution in [0.1, 0.15) is 12.5 Å². The van der Waals surface area contributed by atoms with Gasteiger partial charge < -0.3 is 10.1 Å². The van der Waals surface area contributed by atoms with Gasteiger partial charge in [-0.15, -0.1) is 0 Å². The molecule has 22 heavy (non-hydrogen) atoms. The second-order valence-electron chi connectivity index (χ2n) is 5.44. The van der Waals surface area contributed by atoms with E-state index >= 15 is 0 Å². The Hall–Kier alpha value is -2.82. The number of para-hydroxylation sites is 1. The number of carbonyl (C=O) groups is 1. The van der Waals surface area contributed by atoms with Crippen LogP contribution >= 0.6 is 0 Å². The molecular formula is C17H15N3O2. The highest BCUT2D eigenvalue weighted by atomic mass is 16.5. The minimum absolute atomic E-state index is 0.116. The molecule has 3 aromatic rings. The first kappa shape index (κ1) is 12.9. The van der Waals surface area contributed by atoms with Crippen LogP contribution in [0.3, 0.4) is 0 Å². The number of carbonyl (C=O) groups excluding carboxylic acids is 1. The van der Waals surface area contributed by atoms with E-state index in [2.05, 4.69) is 10.4 Å². The maximum atomic E-state index is 11.7. The van der Waals surface area contributed by atoms with Crippen molar-refractivity contribution in [2.24, 2.45) is 0 Å². The molecule has 0 saturated carbocycles. The van der Waals surface area contributed by atoms with Crippen LogP contribution in [0.5, 0.6) is 5.75 Å². The number of anilines is 1. The summed E-state index contributed by atoms with van der Waals surface area (Å²) < 4.78 is 7.52. The van der Waals surface area contributed by atoms with Crippen molar-refractivity contribution in [1.29, 1.82) is 0 Å². The van der Waals surface area contributed by atoms with Crippen LogP contribution in [0, 0.1) is 0 Å². The van der Waals surface area contributed by atoms with Crippen molar-refractivity contribution in [3.8, 4) is 5.75 Å². The lowest BCUT2D eigenvalue weighted by Crippen LogP contribution is -2.34. The van der Waals surface area contributed by atoms with Gasteiger partial charge in [-0.05, 0) is 30.7 Å². The molecule has 0 fully saturated rings. The van der Waals surface area contributed by atoms with Gasteiger partial charge in [-0.3, -0.25) is 9.48 Å². The topological polar surface area (TPSA) is 56.1 Å². The summed E-state index contributed by atoms with van der Waals surface area (Å²) in [5, 5.41) is 8.42. The molecule has 110 valence electrons. The standard InChI is InChI=1S/C17H15N3O2/c1-11-17(21)19-14-8-12(6-7-16(14)22-11)10-20-15-5-3-2-4-13(15)9-18-20/h2-9,11H,10H2,1H3,(H,19,21). The lowest BCUT2D eigenvalue weighted by Gasteiger charge is -2.23. The fourth-order valence-electron chi connectivity index (χ4n) is 2.68. The van der Waals surface area contributed by atoms with E-state index in [1.54, 1.807) is 6.92 Å². The van der Waals surface area contributed by atoms with E-state index in [0.29, 0.717) is 12.3 Å². The van der Waals surface area contributed by atoms with Crippen molar-refractivity contribution in [1.82, 2.24) is 9.78 Å². The predicted octanol–water partition coefficient (Wildman–Crippen LogP) is 2.80. The Kier molecular flexibility index (Phi) is 2.85. The predicted molar refractivity (Wildman–Crippen MR) is 84.0 cm³/mol. The lowest BCUT2D eigenvalue weighted by atomic mass is 10.1. The van der Waals surface area contributed by atoms with Crippen LogP contribution in [0.2, 0.25) is 0 Å². The molecule has 1 aliphatic heterocycles. The van der Waals surface area contributed by atoms with Gasteiger partial charge in [0.1, 0.15) is 5.75 Å². The highest BCUT2D eigenvalue weighted by Crippen LogP contribution is 2.30. The normalized spacial score (nSPS) is 17.0. The molecule has 0 saturated heterocycles. The molecule has 4 rings (SSSR count). The summed E-state index contributed by atoms with van der Waals surface area (Å²) in [5.74, 6) is 0.593. The highest BCUT2D eigenvalue weighted by Gasteiger charge is 2.23. The number of amides is 1. The average molecular weight is 293 g/mol. The number of hydrogen-bond acceptors (Lipinski definition) is 3. The van der Waals surface area contributed by atoms with Crippen molar-refractivity contribution in [2.45, 2.75) is 19.6 Å². The summed E-state index contributed by atoms with van der Waals surface area (Å²) >= 11 is 0. The van der Waals surface area contributed by atoms with Gasteiger partial charge in [-0.25, -0.2) is 0 Å². The van der Waals surface area contributed by atoms with E-state index in [0.717, 1.165) is 22.2 Å². The Bertz CT molecular complexity index is 869. The molecule has 1 atom stereocenters. The lowest BCUT2D eigenvalue weighted by molar-refractivity contribution is -0.122. The van der Waals surface area contributed by atoms with Gasteiger partial charge in [0.25, 0.3) is 5.91 Å². The van der Waals surface area contributed by atoms with Gasteiger partial charge in [0.15, 0.2) is 6.10 Å². The van der Waals surface area contributed by atoms with Crippen molar-refractivity contribution in [3.63, 3.8) is 0 Å². The Morgan fingerprint density at radius 2 is 2.14 bits per heavy atom. The van der Waals surface area contributed by atoms with Crippen LogP contribution < -0.4 is 10.1 Å². The molecule has 2 aromatic carbocycles. The quantitative estimate of drug-likeness (QED) is 0.790. The summed E-state index contributed by atoms with van der Waals surface area (Å²) in [6.07, 6.45) is 1.41. The molecule has 1 unspecified atom stereocenters. The molecule has 0 radical (unpaired) electrons. The Morgan fingerprint density at radius 3 is 3.05 bits per heavy atom. The molecule has 0 aliphatic carbocycles. The SMILES string of the molecule is CC1Oc2ccc(Cn3ncc4ccccc43)cc2NC1=O. The molecule has 1 N–H and O–H groups in total. The number of aromatic nitrogens is 2. The van der Waals surface area contributed by atoms with Gasteiger partial charge in [0.2, 0.25) is 0 Å². The third kappa shape index (κ3) is 2.11. The molecule has 5 heteroatoms. The summed E-state index contributed by atoms with van der Waals surface area (Å²) in [4.78, 5) is 11.7. The van der Waals surface area contributed by atoms with E-state index in [1.165, 1.54) is 0 Å². The fourth-order valence-corrected chi connectivity index (χ4v) is 2.68. The van der Waals surface area contributed by atoms with Gasteiger partial charge in [-0.2, -0.15) is 5.10 Å². The number of rotatable bonds is 2. The first-order valence-electron chi connectivity index (χ1n) is 7.22. The second-order valence-corrected chi connectivity index (χ2v) is 5.44. The van der Waals surface area contributed by atoms with E-state index < -0.39 is 6.10 Å². The molecule has 2 heterocycles. The largest absolute Gasteiger partial charge is 0.479 e. The zero-order valence-electron chi connectivity index (χ0n) is 12.1. The Labute approximate surface area is 127 Å². The van der Waals surface area contributed by atoms with E-state index in [4.69, 9.17) is 4.74 Å². The first-order valence-corrected chi connectivity index (χ1v) is 7.22. The van der Waals surface area contributed by atoms with E-state index in [9.17, 15) is 4.79 Å². The summed E-state index contributed by atoms with van der Waals surface area (Å²) in [7, 11) is 0. The molecule has 1 amide bonds. The van der Waals surface area contributed by atoms with Crippen molar-refractivity contribution < 1.29 is 9.53 Å². The zero-order valence-corrected chi connectivity index (χ0v) is 12.1. The van der Waals surface area contributed by atoms with Gasteiger partial charge >= 0.3 is 0 Å². The van der Waals surface area contributed by atoms with Gasteiger partial charge in [0.05, 0.1) is 23.9 Å². The van der Waals surface area contributed by atoms with Crippen LogP contribution in [-0.4, -0.2) is 21.8 Å². The molecule has 1 aromatic heterocycles. The zero-order chi connectivity index (χ0) is 15.1. The number of fused-ring (bicyclic) bond motifs is 2. The monoisotopic (exact) mass is 293 g/mol. The molecule has 0 spiro atoms. The van der Waals surface area contributed by atoms with Crippen molar-refractivity contribution in [3.05, 3.63) is 54.2 Å². The van der Waals surface area contributed by atoms with Crippen molar-refractivity contribution in [2.75, 3.05) is 5.32 Å². The Morgan fingerprint density at radius 1 is 1.27 bits per heavy atom. The maximum absolute atomic E-state index is 11.7. The summed E-state index contributed by atoms with van der Waals surface area (Å²) in [5.41, 5.74) is 2.87.